The van der Waals surface area contributed by atoms with E-state index < -0.39 is 0 Å². The van der Waals surface area contributed by atoms with E-state index in [2.05, 4.69) is 10.6 Å². The van der Waals surface area contributed by atoms with Gasteiger partial charge < -0.3 is 20.3 Å². The van der Waals surface area contributed by atoms with Crippen molar-refractivity contribution in [3.8, 4) is 0 Å². The number of benzene rings is 1. The second-order valence-corrected chi connectivity index (χ2v) is 5.15. The van der Waals surface area contributed by atoms with E-state index in [1.54, 1.807) is 4.90 Å². The van der Waals surface area contributed by atoms with Gasteiger partial charge in [0.2, 0.25) is 5.91 Å². The Hall–Kier alpha value is -2.08. The molecule has 0 heterocycles. The van der Waals surface area contributed by atoms with Gasteiger partial charge in [0.05, 0.1) is 6.04 Å². The van der Waals surface area contributed by atoms with Gasteiger partial charge >= 0.3 is 6.03 Å². The summed E-state index contributed by atoms with van der Waals surface area (Å²) in [6, 6.07) is 7.23. The maximum Gasteiger partial charge on any atom is 0.321 e. The quantitative estimate of drug-likeness (QED) is 0.773. The minimum absolute atomic E-state index is 0.0683. The first-order valence-corrected chi connectivity index (χ1v) is 8.04. The number of carbonyl (C=O) groups excluding carboxylic acids is 2. The van der Waals surface area contributed by atoms with Crippen molar-refractivity contribution in [2.24, 2.45) is 0 Å². The van der Waals surface area contributed by atoms with Crippen LogP contribution in [0.25, 0.3) is 0 Å². The minimum Gasteiger partial charge on any atom is -0.372 e. The van der Waals surface area contributed by atoms with Crippen molar-refractivity contribution in [2.45, 2.75) is 33.7 Å². The average molecular weight is 321 g/mol. The number of carbonyl (C=O) groups is 2. The minimum atomic E-state index is -0.140. The number of amides is 3. The molecule has 0 saturated carbocycles. The number of anilines is 1. The van der Waals surface area contributed by atoms with Crippen molar-refractivity contribution in [1.29, 1.82) is 0 Å². The SMILES string of the molecule is CCOCC(=O)NC(C)c1ccc(NC(=O)N(CC)CC)cc1. The molecule has 0 aromatic heterocycles. The van der Waals surface area contributed by atoms with E-state index in [9.17, 15) is 9.59 Å². The fourth-order valence-electron chi connectivity index (χ4n) is 2.13. The maximum absolute atomic E-state index is 12.0. The molecular weight excluding hydrogens is 294 g/mol. The van der Waals surface area contributed by atoms with Gasteiger partial charge in [0.15, 0.2) is 0 Å². The summed E-state index contributed by atoms with van der Waals surface area (Å²) in [4.78, 5) is 25.3. The summed E-state index contributed by atoms with van der Waals surface area (Å²) in [6.07, 6.45) is 0. The highest BCUT2D eigenvalue weighted by molar-refractivity contribution is 5.89. The fraction of sp³-hybridized carbons (Fsp3) is 0.529. The Bertz CT molecular complexity index is 498. The molecule has 2 N–H and O–H groups in total. The molecule has 0 fully saturated rings. The molecule has 3 amide bonds. The van der Waals surface area contributed by atoms with Crippen LogP contribution in [0.4, 0.5) is 10.5 Å². The van der Waals surface area contributed by atoms with Crippen molar-refractivity contribution in [2.75, 3.05) is 31.6 Å². The predicted molar refractivity (Wildman–Crippen MR) is 91.4 cm³/mol. The van der Waals surface area contributed by atoms with Crippen molar-refractivity contribution in [1.82, 2.24) is 10.2 Å². The molecule has 1 unspecified atom stereocenters. The van der Waals surface area contributed by atoms with E-state index in [0.717, 1.165) is 11.3 Å². The van der Waals surface area contributed by atoms with Crippen LogP contribution in [0.5, 0.6) is 0 Å². The molecule has 0 bridgehead atoms. The molecule has 0 saturated heterocycles. The lowest BCUT2D eigenvalue weighted by molar-refractivity contribution is -0.126. The van der Waals surface area contributed by atoms with E-state index in [1.807, 2.05) is 52.0 Å². The summed E-state index contributed by atoms with van der Waals surface area (Å²) >= 11 is 0. The van der Waals surface area contributed by atoms with Crippen LogP contribution in [-0.2, 0) is 9.53 Å². The van der Waals surface area contributed by atoms with Crippen molar-refractivity contribution in [3.05, 3.63) is 29.8 Å². The second-order valence-electron chi connectivity index (χ2n) is 5.15. The highest BCUT2D eigenvalue weighted by Crippen LogP contribution is 2.16. The Morgan fingerprint density at radius 1 is 1.13 bits per heavy atom. The van der Waals surface area contributed by atoms with Crippen molar-refractivity contribution < 1.29 is 14.3 Å². The summed E-state index contributed by atoms with van der Waals surface area (Å²) < 4.78 is 5.07. The van der Waals surface area contributed by atoms with Crippen LogP contribution in [0.3, 0.4) is 0 Å². The third-order valence-corrected chi connectivity index (χ3v) is 3.53. The zero-order valence-corrected chi connectivity index (χ0v) is 14.4. The Morgan fingerprint density at radius 2 is 1.74 bits per heavy atom. The van der Waals surface area contributed by atoms with Crippen LogP contribution in [0, 0.1) is 0 Å². The van der Waals surface area contributed by atoms with E-state index in [-0.39, 0.29) is 24.6 Å². The fourth-order valence-corrected chi connectivity index (χ4v) is 2.13. The highest BCUT2D eigenvalue weighted by atomic mass is 16.5. The first kappa shape index (κ1) is 19.0. The first-order chi connectivity index (χ1) is 11.0. The zero-order chi connectivity index (χ0) is 17.2. The molecule has 0 spiro atoms. The summed E-state index contributed by atoms with van der Waals surface area (Å²) in [5, 5.41) is 5.73. The topological polar surface area (TPSA) is 70.7 Å². The van der Waals surface area contributed by atoms with E-state index >= 15 is 0 Å². The molecule has 6 nitrogen and oxygen atoms in total. The van der Waals surface area contributed by atoms with Gasteiger partial charge in [-0.2, -0.15) is 0 Å². The van der Waals surface area contributed by atoms with Crippen LogP contribution >= 0.6 is 0 Å². The standard InChI is InChI=1S/C17H27N3O3/c1-5-20(6-2)17(22)19-15-10-8-14(9-11-15)13(4)18-16(21)12-23-7-3/h8-11,13H,5-7,12H2,1-4H3,(H,18,21)(H,19,22). The average Bonchev–Trinajstić information content (AvgIpc) is 2.54. The molecule has 0 aliphatic rings. The molecule has 1 aromatic rings. The highest BCUT2D eigenvalue weighted by Gasteiger charge is 2.11. The van der Waals surface area contributed by atoms with Crippen LogP contribution in [0.1, 0.15) is 39.3 Å². The maximum atomic E-state index is 12.0. The zero-order valence-electron chi connectivity index (χ0n) is 14.4. The lowest BCUT2D eigenvalue weighted by atomic mass is 10.1. The van der Waals surface area contributed by atoms with E-state index in [1.165, 1.54) is 0 Å². The number of hydrogen-bond donors (Lipinski definition) is 2. The molecule has 0 aliphatic heterocycles. The first-order valence-electron chi connectivity index (χ1n) is 8.04. The molecule has 0 radical (unpaired) electrons. The molecule has 1 atom stereocenters. The molecular formula is C17H27N3O3. The van der Waals surface area contributed by atoms with Gasteiger partial charge in [0, 0.05) is 25.4 Å². The Kier molecular flexibility index (Phi) is 8.11. The number of nitrogens with zero attached hydrogens (tertiary/aromatic N) is 1. The molecule has 0 aliphatic carbocycles. The molecule has 1 aromatic carbocycles. The smallest absolute Gasteiger partial charge is 0.321 e. The summed E-state index contributed by atoms with van der Waals surface area (Å²) in [5.41, 5.74) is 1.70. The summed E-state index contributed by atoms with van der Waals surface area (Å²) in [5.74, 6) is -0.140. The Labute approximate surface area is 138 Å². The van der Waals surface area contributed by atoms with E-state index in [4.69, 9.17) is 4.74 Å². The Balaban J connectivity index is 2.58. The lowest BCUT2D eigenvalue weighted by Gasteiger charge is -2.19. The monoisotopic (exact) mass is 321 g/mol. The molecule has 128 valence electrons. The van der Waals surface area contributed by atoms with Gasteiger partial charge in [0.25, 0.3) is 0 Å². The van der Waals surface area contributed by atoms with Crippen molar-refractivity contribution >= 4 is 17.6 Å². The van der Waals surface area contributed by atoms with E-state index in [0.29, 0.717) is 19.7 Å². The van der Waals surface area contributed by atoms with Gasteiger partial charge in [-0.25, -0.2) is 4.79 Å². The lowest BCUT2D eigenvalue weighted by Crippen LogP contribution is -2.34. The summed E-state index contributed by atoms with van der Waals surface area (Å²) in [7, 11) is 0. The predicted octanol–water partition coefficient (Wildman–Crippen LogP) is 2.77. The van der Waals surface area contributed by atoms with Crippen LogP contribution in [0.2, 0.25) is 0 Å². The number of ether oxygens (including phenoxy) is 1. The largest absolute Gasteiger partial charge is 0.372 e. The molecule has 1 rings (SSSR count). The third kappa shape index (κ3) is 6.28. The normalized spacial score (nSPS) is 11.7. The third-order valence-electron chi connectivity index (χ3n) is 3.53. The van der Waals surface area contributed by atoms with Gasteiger partial charge in [-0.3, -0.25) is 4.79 Å². The van der Waals surface area contributed by atoms with Crippen LogP contribution in [0.15, 0.2) is 24.3 Å². The van der Waals surface area contributed by atoms with Gasteiger partial charge in [-0.1, -0.05) is 12.1 Å². The number of hydrogen-bond acceptors (Lipinski definition) is 3. The number of nitrogens with one attached hydrogen (secondary N) is 2. The van der Waals surface area contributed by atoms with Crippen LogP contribution < -0.4 is 10.6 Å². The van der Waals surface area contributed by atoms with Gasteiger partial charge in [0.1, 0.15) is 6.61 Å². The number of urea groups is 1. The van der Waals surface area contributed by atoms with Crippen LogP contribution in [-0.4, -0.2) is 43.1 Å². The number of rotatable bonds is 8. The van der Waals surface area contributed by atoms with Gasteiger partial charge in [-0.15, -0.1) is 0 Å². The van der Waals surface area contributed by atoms with Gasteiger partial charge in [-0.05, 0) is 45.4 Å². The summed E-state index contributed by atoms with van der Waals surface area (Å²) in [6.45, 7) is 9.57. The van der Waals surface area contributed by atoms with Crippen molar-refractivity contribution in [3.63, 3.8) is 0 Å². The molecule has 6 heteroatoms. The second kappa shape index (κ2) is 9.84. The molecule has 23 heavy (non-hydrogen) atoms. The Morgan fingerprint density at radius 3 is 2.26 bits per heavy atom.